The second-order valence-electron chi connectivity index (χ2n) is 4.93. The molecule has 0 fully saturated rings. The zero-order valence-corrected chi connectivity index (χ0v) is 12.9. The summed E-state index contributed by atoms with van der Waals surface area (Å²) in [6.45, 7) is 0.0954. The number of aromatic nitrogens is 1. The van der Waals surface area contributed by atoms with E-state index in [1.165, 1.54) is 29.5 Å². The molecular weight excluding hydrogens is 341 g/mol. The van der Waals surface area contributed by atoms with Crippen LogP contribution in [0.1, 0.15) is 21.6 Å². The molecule has 124 valence electrons. The van der Waals surface area contributed by atoms with Crippen LogP contribution in [0.3, 0.4) is 0 Å². The van der Waals surface area contributed by atoms with Crippen molar-refractivity contribution in [2.45, 2.75) is 12.7 Å². The number of thiophene rings is 1. The molecule has 0 bridgehead atoms. The summed E-state index contributed by atoms with van der Waals surface area (Å²) in [5.74, 6) is 0.0335. The maximum absolute atomic E-state index is 12.5. The number of nitrogens with one attached hydrogen (secondary N) is 1. The van der Waals surface area contributed by atoms with E-state index in [2.05, 4.69) is 10.5 Å². The van der Waals surface area contributed by atoms with Gasteiger partial charge in [0.25, 0.3) is 5.91 Å². The van der Waals surface area contributed by atoms with Gasteiger partial charge in [-0.1, -0.05) is 23.4 Å². The summed E-state index contributed by atoms with van der Waals surface area (Å²) in [5, 5.41) is 8.17. The van der Waals surface area contributed by atoms with Gasteiger partial charge in [0.1, 0.15) is 0 Å². The fourth-order valence-electron chi connectivity index (χ4n) is 2.00. The fourth-order valence-corrected chi connectivity index (χ4v) is 2.67. The van der Waals surface area contributed by atoms with Crippen molar-refractivity contribution >= 4 is 17.2 Å². The lowest BCUT2D eigenvalue weighted by Gasteiger charge is -2.08. The van der Waals surface area contributed by atoms with E-state index in [-0.39, 0.29) is 12.2 Å². The molecule has 3 rings (SSSR count). The van der Waals surface area contributed by atoms with E-state index in [1.54, 1.807) is 0 Å². The molecule has 0 aliphatic rings. The van der Waals surface area contributed by atoms with E-state index >= 15 is 0 Å². The van der Waals surface area contributed by atoms with Crippen molar-refractivity contribution in [1.82, 2.24) is 10.5 Å². The van der Waals surface area contributed by atoms with Crippen LogP contribution in [-0.2, 0) is 12.7 Å². The Morgan fingerprint density at radius 2 is 1.96 bits per heavy atom. The van der Waals surface area contributed by atoms with Gasteiger partial charge in [0.2, 0.25) is 0 Å². The molecule has 0 radical (unpaired) electrons. The standard InChI is InChI=1S/C16H11F3N2O2S/c17-16(18,19)11-5-3-10(4-6-11)9-20-15(22)12-8-13(23-21-12)14-2-1-7-24-14/h1-8H,9H2,(H,20,22). The minimum Gasteiger partial charge on any atom is -0.355 e. The zero-order chi connectivity index (χ0) is 17.2. The van der Waals surface area contributed by atoms with Crippen LogP contribution in [0.25, 0.3) is 10.6 Å². The summed E-state index contributed by atoms with van der Waals surface area (Å²) in [4.78, 5) is 12.9. The molecule has 0 aliphatic carbocycles. The Labute approximate surface area is 138 Å². The van der Waals surface area contributed by atoms with Crippen molar-refractivity contribution in [2.75, 3.05) is 0 Å². The maximum Gasteiger partial charge on any atom is 0.416 e. The smallest absolute Gasteiger partial charge is 0.355 e. The predicted octanol–water partition coefficient (Wildman–Crippen LogP) is 4.35. The van der Waals surface area contributed by atoms with Crippen LogP contribution < -0.4 is 5.32 Å². The molecule has 1 aromatic carbocycles. The summed E-state index contributed by atoms with van der Waals surface area (Å²) in [5.41, 5.74) is -0.0571. The second kappa shape index (κ2) is 6.48. The molecule has 0 saturated heterocycles. The van der Waals surface area contributed by atoms with Crippen LogP contribution in [0.5, 0.6) is 0 Å². The van der Waals surface area contributed by atoms with Gasteiger partial charge >= 0.3 is 6.18 Å². The van der Waals surface area contributed by atoms with Crippen molar-refractivity contribution < 1.29 is 22.5 Å². The fraction of sp³-hybridized carbons (Fsp3) is 0.125. The molecule has 2 aromatic heterocycles. The summed E-state index contributed by atoms with van der Waals surface area (Å²) in [6.07, 6.45) is -4.37. The van der Waals surface area contributed by atoms with E-state index < -0.39 is 17.6 Å². The normalized spacial score (nSPS) is 11.5. The van der Waals surface area contributed by atoms with Gasteiger partial charge in [0.05, 0.1) is 10.4 Å². The Morgan fingerprint density at radius 3 is 2.58 bits per heavy atom. The summed E-state index contributed by atoms with van der Waals surface area (Å²) in [7, 11) is 0. The first-order valence-electron chi connectivity index (χ1n) is 6.88. The van der Waals surface area contributed by atoms with Gasteiger partial charge in [-0.05, 0) is 29.1 Å². The highest BCUT2D eigenvalue weighted by atomic mass is 32.1. The largest absolute Gasteiger partial charge is 0.416 e. The molecular formula is C16H11F3N2O2S. The number of rotatable bonds is 4. The van der Waals surface area contributed by atoms with Crippen LogP contribution in [0.4, 0.5) is 13.2 Å². The maximum atomic E-state index is 12.5. The molecule has 1 N–H and O–H groups in total. The molecule has 0 saturated carbocycles. The lowest BCUT2D eigenvalue weighted by Crippen LogP contribution is -2.23. The number of amides is 1. The Hall–Kier alpha value is -2.61. The monoisotopic (exact) mass is 352 g/mol. The Balaban J connectivity index is 1.61. The lowest BCUT2D eigenvalue weighted by molar-refractivity contribution is -0.137. The van der Waals surface area contributed by atoms with Crippen LogP contribution in [0.15, 0.2) is 52.4 Å². The average molecular weight is 352 g/mol. The molecule has 8 heteroatoms. The van der Waals surface area contributed by atoms with Crippen LogP contribution in [0.2, 0.25) is 0 Å². The second-order valence-corrected chi connectivity index (χ2v) is 5.88. The summed E-state index contributed by atoms with van der Waals surface area (Å²) < 4.78 is 42.6. The summed E-state index contributed by atoms with van der Waals surface area (Å²) >= 11 is 1.46. The van der Waals surface area contributed by atoms with E-state index in [0.29, 0.717) is 11.3 Å². The predicted molar refractivity (Wildman–Crippen MR) is 82.4 cm³/mol. The summed E-state index contributed by atoms with van der Waals surface area (Å²) in [6, 6.07) is 9.82. The average Bonchev–Trinajstić information content (AvgIpc) is 3.22. The third-order valence-corrected chi connectivity index (χ3v) is 4.13. The van der Waals surface area contributed by atoms with Gasteiger partial charge in [0.15, 0.2) is 11.5 Å². The van der Waals surface area contributed by atoms with Crippen LogP contribution in [-0.4, -0.2) is 11.1 Å². The van der Waals surface area contributed by atoms with Gasteiger partial charge in [-0.15, -0.1) is 11.3 Å². The van der Waals surface area contributed by atoms with Crippen molar-refractivity contribution in [3.05, 3.63) is 64.7 Å². The highest BCUT2D eigenvalue weighted by Crippen LogP contribution is 2.29. The first kappa shape index (κ1) is 16.3. The number of carbonyl (C=O) groups excluding carboxylic acids is 1. The lowest BCUT2D eigenvalue weighted by atomic mass is 10.1. The minimum absolute atomic E-state index is 0.0954. The Kier molecular flexibility index (Phi) is 4.39. The third kappa shape index (κ3) is 3.65. The Morgan fingerprint density at radius 1 is 1.21 bits per heavy atom. The first-order chi connectivity index (χ1) is 11.4. The van der Waals surface area contributed by atoms with Crippen molar-refractivity contribution in [2.24, 2.45) is 0 Å². The van der Waals surface area contributed by atoms with Gasteiger partial charge < -0.3 is 9.84 Å². The quantitative estimate of drug-likeness (QED) is 0.759. The molecule has 24 heavy (non-hydrogen) atoms. The first-order valence-corrected chi connectivity index (χ1v) is 7.76. The van der Waals surface area contributed by atoms with Gasteiger partial charge in [-0.25, -0.2) is 0 Å². The number of carbonyl (C=O) groups is 1. The number of alkyl halides is 3. The number of halogens is 3. The van der Waals surface area contributed by atoms with Crippen molar-refractivity contribution in [1.29, 1.82) is 0 Å². The zero-order valence-electron chi connectivity index (χ0n) is 12.1. The molecule has 4 nitrogen and oxygen atoms in total. The van der Waals surface area contributed by atoms with Gasteiger partial charge in [-0.3, -0.25) is 4.79 Å². The minimum atomic E-state index is -4.37. The molecule has 0 atom stereocenters. The van der Waals surface area contributed by atoms with E-state index in [9.17, 15) is 18.0 Å². The highest BCUT2D eigenvalue weighted by molar-refractivity contribution is 7.13. The van der Waals surface area contributed by atoms with Crippen molar-refractivity contribution in [3.8, 4) is 10.6 Å². The van der Waals surface area contributed by atoms with Crippen molar-refractivity contribution in [3.63, 3.8) is 0 Å². The van der Waals surface area contributed by atoms with Gasteiger partial charge in [-0.2, -0.15) is 13.2 Å². The third-order valence-electron chi connectivity index (χ3n) is 3.24. The van der Waals surface area contributed by atoms with Crippen LogP contribution in [0, 0.1) is 0 Å². The molecule has 0 spiro atoms. The van der Waals surface area contributed by atoms with E-state index in [0.717, 1.165) is 17.0 Å². The SMILES string of the molecule is O=C(NCc1ccc(C(F)(F)F)cc1)c1cc(-c2cccs2)on1. The molecule has 1 amide bonds. The van der Waals surface area contributed by atoms with E-state index in [4.69, 9.17) is 4.52 Å². The van der Waals surface area contributed by atoms with E-state index in [1.807, 2.05) is 17.5 Å². The van der Waals surface area contributed by atoms with Gasteiger partial charge in [0, 0.05) is 12.6 Å². The molecule has 0 aliphatic heterocycles. The number of hydrogen-bond donors (Lipinski definition) is 1. The molecule has 3 aromatic rings. The Bertz CT molecular complexity index is 824. The highest BCUT2D eigenvalue weighted by Gasteiger charge is 2.29. The molecule has 2 heterocycles. The number of benzene rings is 1. The number of nitrogens with zero attached hydrogens (tertiary/aromatic N) is 1. The number of hydrogen-bond acceptors (Lipinski definition) is 4. The van der Waals surface area contributed by atoms with Crippen LogP contribution >= 0.6 is 11.3 Å². The topological polar surface area (TPSA) is 55.1 Å². The molecule has 0 unspecified atom stereocenters.